The summed E-state index contributed by atoms with van der Waals surface area (Å²) in [5.74, 6) is -2.24. The van der Waals surface area contributed by atoms with Gasteiger partial charge in [-0.2, -0.15) is 0 Å². The van der Waals surface area contributed by atoms with Gasteiger partial charge in [0.25, 0.3) is 0 Å². The zero-order chi connectivity index (χ0) is 29.1. The van der Waals surface area contributed by atoms with E-state index in [2.05, 4.69) is 24.3 Å². The molecule has 0 bridgehead atoms. The molecule has 2 aromatic carbocycles. The van der Waals surface area contributed by atoms with Crippen LogP contribution in [0.1, 0.15) is 73.9 Å². The maximum atomic E-state index is 13.9. The molecule has 1 fully saturated rings. The average Bonchev–Trinajstić information content (AvgIpc) is 2.93. The molecule has 3 atom stereocenters. The molecule has 2 aromatic rings. The lowest BCUT2D eigenvalue weighted by Gasteiger charge is -2.47. The van der Waals surface area contributed by atoms with Crippen LogP contribution in [0.5, 0.6) is 11.5 Å². The van der Waals surface area contributed by atoms with E-state index in [0.717, 1.165) is 32.1 Å². The lowest BCUT2D eigenvalue weighted by molar-refractivity contribution is -0.131. The minimum Gasteiger partial charge on any atom is -0.511 e. The van der Waals surface area contributed by atoms with Crippen LogP contribution in [0.3, 0.4) is 0 Å². The Balaban J connectivity index is 1.26. The molecule has 4 aliphatic carbocycles. The van der Waals surface area contributed by atoms with Crippen LogP contribution in [-0.2, 0) is 22.4 Å². The standard InChI is InChI=1S/C34H36O7/c1-18(35)28-26(37)17-22-15-21-16-24-27(41-23-10-8-20(9-11-23)14-19-6-4-3-5-7-19)13-12-25(36)30(24)31(38)29(21)33(40)34(22,2)32(28)39/h3-7,12-13,20-23,36-37,40H,8-11,14-17H2,1-2H3/t20?,21-,22+,23?,34+/m0/s1. The summed E-state index contributed by atoms with van der Waals surface area (Å²) in [5, 5.41) is 32.8. The van der Waals surface area contributed by atoms with E-state index in [-0.39, 0.29) is 46.5 Å². The molecule has 0 saturated heterocycles. The maximum absolute atomic E-state index is 13.9. The SMILES string of the molecule is CC(=O)C1=C(O)C[C@H]2C[C@H]3Cc4c(OC5CCC(Cc6ccccc6)CC5)ccc(O)c4C(=O)C3=C(O)[C@@]2(C)C1=O. The van der Waals surface area contributed by atoms with Crippen molar-refractivity contribution in [2.75, 3.05) is 0 Å². The number of hydrogen-bond donors (Lipinski definition) is 3. The Hall–Kier alpha value is -3.87. The fourth-order valence-electron chi connectivity index (χ4n) is 7.66. The molecule has 0 aliphatic heterocycles. The largest absolute Gasteiger partial charge is 0.511 e. The number of aromatic hydroxyl groups is 1. The number of phenols is 1. The van der Waals surface area contributed by atoms with Crippen molar-refractivity contribution in [3.05, 3.63) is 81.8 Å². The molecule has 0 spiro atoms. The minimum atomic E-state index is -1.49. The number of carbonyl (C=O) groups is 3. The Labute approximate surface area is 239 Å². The highest BCUT2D eigenvalue weighted by molar-refractivity contribution is 6.23. The molecule has 7 nitrogen and oxygen atoms in total. The molecule has 1 saturated carbocycles. The van der Waals surface area contributed by atoms with Crippen LogP contribution < -0.4 is 4.74 Å². The molecule has 6 rings (SSSR count). The van der Waals surface area contributed by atoms with Crippen LogP contribution in [-0.4, -0.2) is 38.8 Å². The summed E-state index contributed by atoms with van der Waals surface area (Å²) in [7, 11) is 0. The predicted molar refractivity (Wildman–Crippen MR) is 152 cm³/mol. The van der Waals surface area contributed by atoms with Crippen molar-refractivity contribution in [2.24, 2.45) is 23.2 Å². The molecule has 0 amide bonds. The fraction of sp³-hybridized carbons (Fsp3) is 0.441. The lowest BCUT2D eigenvalue weighted by atomic mass is 9.55. The summed E-state index contributed by atoms with van der Waals surface area (Å²) < 4.78 is 6.48. The molecule has 3 N–H and O–H groups in total. The second-order valence-electron chi connectivity index (χ2n) is 12.4. The van der Waals surface area contributed by atoms with Gasteiger partial charge in [0.05, 0.1) is 22.7 Å². The van der Waals surface area contributed by atoms with Gasteiger partial charge in [0.2, 0.25) is 0 Å². The van der Waals surface area contributed by atoms with Crippen molar-refractivity contribution in [3.8, 4) is 11.5 Å². The summed E-state index contributed by atoms with van der Waals surface area (Å²) in [6, 6.07) is 13.7. The van der Waals surface area contributed by atoms with E-state index in [9.17, 15) is 29.7 Å². The normalized spacial score (nSPS) is 29.5. The maximum Gasteiger partial charge on any atom is 0.196 e. The van der Waals surface area contributed by atoms with Gasteiger partial charge in [-0.15, -0.1) is 0 Å². The summed E-state index contributed by atoms with van der Waals surface area (Å²) >= 11 is 0. The third kappa shape index (κ3) is 4.46. The first-order valence-electron chi connectivity index (χ1n) is 14.6. The molecule has 41 heavy (non-hydrogen) atoms. The number of Topliss-reactive ketones (excluding diaryl/α,β-unsaturated/α-hetero) is 3. The number of fused-ring (bicyclic) bond motifs is 3. The molecule has 0 heterocycles. The number of benzene rings is 2. The van der Waals surface area contributed by atoms with Gasteiger partial charge < -0.3 is 20.1 Å². The van der Waals surface area contributed by atoms with E-state index in [1.54, 1.807) is 13.0 Å². The zero-order valence-electron chi connectivity index (χ0n) is 23.5. The van der Waals surface area contributed by atoms with Crippen LogP contribution in [0.4, 0.5) is 0 Å². The van der Waals surface area contributed by atoms with E-state index in [0.29, 0.717) is 30.1 Å². The number of aliphatic hydroxyl groups excluding tert-OH is 2. The number of aliphatic hydroxyl groups is 2. The van der Waals surface area contributed by atoms with Crippen molar-refractivity contribution in [2.45, 2.75) is 71.3 Å². The Morgan fingerprint density at radius 2 is 1.68 bits per heavy atom. The highest BCUT2D eigenvalue weighted by atomic mass is 16.5. The van der Waals surface area contributed by atoms with E-state index in [1.807, 2.05) is 6.07 Å². The van der Waals surface area contributed by atoms with E-state index >= 15 is 0 Å². The molecule has 214 valence electrons. The molecule has 0 radical (unpaired) electrons. The van der Waals surface area contributed by atoms with Gasteiger partial charge >= 0.3 is 0 Å². The van der Waals surface area contributed by atoms with Crippen molar-refractivity contribution in [1.29, 1.82) is 0 Å². The first-order chi connectivity index (χ1) is 19.6. The quantitative estimate of drug-likeness (QED) is 0.378. The van der Waals surface area contributed by atoms with Crippen LogP contribution >= 0.6 is 0 Å². The summed E-state index contributed by atoms with van der Waals surface area (Å²) in [6.07, 6.45) is 5.78. The Morgan fingerprint density at radius 1 is 0.976 bits per heavy atom. The Bertz CT molecular complexity index is 1490. The Kier molecular flexibility index (Phi) is 6.79. The van der Waals surface area contributed by atoms with Crippen molar-refractivity contribution >= 4 is 17.3 Å². The van der Waals surface area contributed by atoms with Gasteiger partial charge in [-0.1, -0.05) is 30.3 Å². The van der Waals surface area contributed by atoms with Gasteiger partial charge in [-0.3, -0.25) is 14.4 Å². The average molecular weight is 557 g/mol. The second-order valence-corrected chi connectivity index (χ2v) is 12.4. The number of phenolic OH excluding ortho intramolecular Hbond substituents is 1. The predicted octanol–water partition coefficient (Wildman–Crippen LogP) is 6.14. The number of ether oxygens (including phenoxy) is 1. The number of allylic oxidation sites excluding steroid dienone is 4. The first kappa shape index (κ1) is 27.3. The summed E-state index contributed by atoms with van der Waals surface area (Å²) in [5.41, 5.74) is 0.387. The van der Waals surface area contributed by atoms with Crippen molar-refractivity contribution < 1.29 is 34.4 Å². The molecular formula is C34H36O7. The van der Waals surface area contributed by atoms with Crippen molar-refractivity contribution in [1.82, 2.24) is 0 Å². The molecule has 0 aromatic heterocycles. The highest BCUT2D eigenvalue weighted by Crippen LogP contribution is 2.56. The second kappa shape index (κ2) is 10.2. The fourth-order valence-corrected chi connectivity index (χ4v) is 7.66. The van der Waals surface area contributed by atoms with Gasteiger partial charge in [-0.25, -0.2) is 0 Å². The highest BCUT2D eigenvalue weighted by Gasteiger charge is 2.57. The zero-order valence-corrected chi connectivity index (χ0v) is 23.5. The van der Waals surface area contributed by atoms with E-state index in [4.69, 9.17) is 4.74 Å². The van der Waals surface area contributed by atoms with Gasteiger partial charge in [0.15, 0.2) is 17.3 Å². The topological polar surface area (TPSA) is 121 Å². The van der Waals surface area contributed by atoms with Gasteiger partial charge in [0, 0.05) is 17.6 Å². The van der Waals surface area contributed by atoms with Crippen LogP contribution in [0.25, 0.3) is 0 Å². The number of carbonyl (C=O) groups excluding carboxylic acids is 3. The van der Waals surface area contributed by atoms with Crippen LogP contribution in [0.15, 0.2) is 65.1 Å². The van der Waals surface area contributed by atoms with Crippen molar-refractivity contribution in [3.63, 3.8) is 0 Å². The monoisotopic (exact) mass is 556 g/mol. The minimum absolute atomic E-state index is 0.00816. The van der Waals surface area contributed by atoms with Gasteiger partial charge in [-0.05, 0) is 94.2 Å². The molecule has 0 unspecified atom stereocenters. The van der Waals surface area contributed by atoms with Gasteiger partial charge in [0.1, 0.15) is 23.0 Å². The molecular weight excluding hydrogens is 520 g/mol. The summed E-state index contributed by atoms with van der Waals surface area (Å²) in [4.78, 5) is 39.4. The Morgan fingerprint density at radius 3 is 2.37 bits per heavy atom. The third-order valence-corrected chi connectivity index (χ3v) is 9.94. The van der Waals surface area contributed by atoms with Crippen LogP contribution in [0, 0.1) is 23.2 Å². The number of ketones is 3. The number of hydrogen-bond acceptors (Lipinski definition) is 7. The van der Waals surface area contributed by atoms with Crippen LogP contribution in [0.2, 0.25) is 0 Å². The lowest BCUT2D eigenvalue weighted by Crippen LogP contribution is -2.49. The summed E-state index contributed by atoms with van der Waals surface area (Å²) in [6.45, 7) is 2.75. The van der Waals surface area contributed by atoms with E-state index in [1.165, 1.54) is 18.6 Å². The molecule has 7 heteroatoms. The molecule has 4 aliphatic rings. The number of rotatable bonds is 5. The third-order valence-electron chi connectivity index (χ3n) is 9.94. The van der Waals surface area contributed by atoms with E-state index < -0.39 is 34.6 Å². The first-order valence-corrected chi connectivity index (χ1v) is 14.6. The smallest absolute Gasteiger partial charge is 0.196 e.